The lowest BCUT2D eigenvalue weighted by molar-refractivity contribution is 0.0983. The Balaban J connectivity index is 2.36. The Bertz CT molecular complexity index is 611. The van der Waals surface area contributed by atoms with Gasteiger partial charge in [0.25, 0.3) is 5.91 Å². The second-order valence-electron chi connectivity index (χ2n) is 4.85. The molecule has 0 saturated heterocycles. The Morgan fingerprint density at radius 1 is 1.10 bits per heavy atom. The van der Waals surface area contributed by atoms with E-state index in [-0.39, 0.29) is 23.0 Å². The van der Waals surface area contributed by atoms with Crippen molar-refractivity contribution >= 4 is 11.6 Å². The van der Waals surface area contributed by atoms with Gasteiger partial charge in [-0.25, -0.2) is 0 Å². The maximum Gasteiger partial charge on any atom is 0.262 e. The molecule has 0 aliphatic rings. The quantitative estimate of drug-likeness (QED) is 0.826. The second-order valence-corrected chi connectivity index (χ2v) is 4.85. The molecule has 2 rings (SSSR count). The van der Waals surface area contributed by atoms with Gasteiger partial charge in [-0.3, -0.25) is 4.79 Å². The van der Waals surface area contributed by atoms with Crippen LogP contribution in [0.15, 0.2) is 48.5 Å². The lowest BCUT2D eigenvalue weighted by Crippen LogP contribution is -2.31. The number of nitrogens with zero attached hydrogens (tertiary/aromatic N) is 1. The van der Waals surface area contributed by atoms with E-state index in [0.29, 0.717) is 6.54 Å². The van der Waals surface area contributed by atoms with Crippen molar-refractivity contribution < 1.29 is 15.0 Å². The topological polar surface area (TPSA) is 60.8 Å². The summed E-state index contributed by atoms with van der Waals surface area (Å²) in [7, 11) is 0. The molecule has 4 nitrogen and oxygen atoms in total. The molecule has 0 bridgehead atoms. The first kappa shape index (κ1) is 14.9. The van der Waals surface area contributed by atoms with E-state index >= 15 is 0 Å². The molecule has 0 aliphatic heterocycles. The first-order valence-corrected chi connectivity index (χ1v) is 7.02. The molecule has 2 N–H and O–H groups in total. The smallest absolute Gasteiger partial charge is 0.262 e. The molecule has 0 heterocycles. The Kier molecular flexibility index (Phi) is 4.82. The van der Waals surface area contributed by atoms with Crippen molar-refractivity contribution in [3.05, 3.63) is 54.1 Å². The van der Waals surface area contributed by atoms with Gasteiger partial charge in [-0.15, -0.1) is 0 Å². The predicted molar refractivity (Wildman–Crippen MR) is 82.8 cm³/mol. The molecular weight excluding hydrogens is 266 g/mol. The van der Waals surface area contributed by atoms with E-state index in [4.69, 9.17) is 0 Å². The summed E-state index contributed by atoms with van der Waals surface area (Å²) in [5.41, 5.74) is 0.883. The monoisotopic (exact) mass is 285 g/mol. The van der Waals surface area contributed by atoms with Gasteiger partial charge in [0.15, 0.2) is 0 Å². The molecule has 0 saturated carbocycles. The Hall–Kier alpha value is -2.49. The molecular formula is C17H19NO3. The van der Waals surface area contributed by atoms with E-state index in [1.807, 2.05) is 30.3 Å². The number of carbonyl (C=O) groups excluding carboxylic acids is 1. The fourth-order valence-electron chi connectivity index (χ4n) is 2.11. The number of para-hydroxylation sites is 1. The van der Waals surface area contributed by atoms with E-state index in [9.17, 15) is 15.0 Å². The van der Waals surface area contributed by atoms with E-state index in [1.54, 1.807) is 4.90 Å². The molecule has 0 unspecified atom stereocenters. The van der Waals surface area contributed by atoms with Crippen molar-refractivity contribution in [2.45, 2.75) is 19.8 Å². The molecule has 0 fully saturated rings. The van der Waals surface area contributed by atoms with Crippen LogP contribution in [0, 0.1) is 0 Å². The van der Waals surface area contributed by atoms with Crippen LogP contribution in [-0.2, 0) is 0 Å². The first-order valence-electron chi connectivity index (χ1n) is 7.02. The normalized spacial score (nSPS) is 10.3. The highest BCUT2D eigenvalue weighted by Gasteiger charge is 2.20. The minimum Gasteiger partial charge on any atom is -0.508 e. The lowest BCUT2D eigenvalue weighted by atomic mass is 10.1. The minimum atomic E-state index is -0.317. The Morgan fingerprint density at radius 3 is 2.48 bits per heavy atom. The highest BCUT2D eigenvalue weighted by molar-refractivity contribution is 6.08. The number of phenolic OH excluding ortho intramolecular Hbond substituents is 2. The second kappa shape index (κ2) is 6.79. The van der Waals surface area contributed by atoms with Gasteiger partial charge in [0.1, 0.15) is 11.5 Å². The van der Waals surface area contributed by atoms with Gasteiger partial charge in [0.2, 0.25) is 0 Å². The Morgan fingerprint density at radius 2 is 1.81 bits per heavy atom. The average Bonchev–Trinajstić information content (AvgIpc) is 2.51. The zero-order valence-corrected chi connectivity index (χ0v) is 12.0. The highest BCUT2D eigenvalue weighted by atomic mass is 16.3. The molecule has 1 amide bonds. The molecule has 110 valence electrons. The van der Waals surface area contributed by atoms with Crippen LogP contribution < -0.4 is 4.90 Å². The standard InChI is InChI=1S/C17H19NO3/c1-2-3-11-18(13-7-5-4-6-8-13)17(21)15-12-14(19)9-10-16(15)20/h4-10,12,19-20H,2-3,11H2,1H3. The third-order valence-electron chi connectivity index (χ3n) is 3.26. The zero-order valence-electron chi connectivity index (χ0n) is 12.0. The van der Waals surface area contributed by atoms with E-state index < -0.39 is 0 Å². The summed E-state index contributed by atoms with van der Waals surface area (Å²) in [5, 5.41) is 19.4. The van der Waals surface area contributed by atoms with Crippen LogP contribution >= 0.6 is 0 Å². The van der Waals surface area contributed by atoms with Gasteiger partial charge in [0, 0.05) is 12.2 Å². The number of amides is 1. The SMILES string of the molecule is CCCCN(C(=O)c1cc(O)ccc1O)c1ccccc1. The van der Waals surface area contributed by atoms with Crippen molar-refractivity contribution in [3.63, 3.8) is 0 Å². The molecule has 4 heteroatoms. The summed E-state index contributed by atoms with van der Waals surface area (Å²) >= 11 is 0. The average molecular weight is 285 g/mol. The largest absolute Gasteiger partial charge is 0.508 e. The van der Waals surface area contributed by atoms with Crippen LogP contribution in [0.25, 0.3) is 0 Å². The van der Waals surface area contributed by atoms with Gasteiger partial charge in [-0.05, 0) is 36.8 Å². The van der Waals surface area contributed by atoms with Crippen LogP contribution in [0.2, 0.25) is 0 Å². The van der Waals surface area contributed by atoms with Crippen molar-refractivity contribution in [3.8, 4) is 11.5 Å². The first-order chi connectivity index (χ1) is 10.1. The van der Waals surface area contributed by atoms with Crippen molar-refractivity contribution in [1.29, 1.82) is 0 Å². The van der Waals surface area contributed by atoms with Gasteiger partial charge in [-0.1, -0.05) is 31.5 Å². The number of hydrogen-bond acceptors (Lipinski definition) is 3. The Labute approximate surface area is 124 Å². The predicted octanol–water partition coefficient (Wildman–Crippen LogP) is 3.54. The van der Waals surface area contributed by atoms with Crippen LogP contribution in [0.1, 0.15) is 30.1 Å². The molecule has 0 spiro atoms. The fraction of sp³-hybridized carbons (Fsp3) is 0.235. The molecule has 0 aromatic heterocycles. The summed E-state index contributed by atoms with van der Waals surface area (Å²) in [6, 6.07) is 13.3. The number of phenols is 2. The highest BCUT2D eigenvalue weighted by Crippen LogP contribution is 2.26. The molecule has 0 atom stereocenters. The summed E-state index contributed by atoms with van der Waals surface area (Å²) in [5.74, 6) is -0.488. The van der Waals surface area contributed by atoms with Crippen molar-refractivity contribution in [2.75, 3.05) is 11.4 Å². The molecule has 2 aromatic carbocycles. The van der Waals surface area contributed by atoms with E-state index in [0.717, 1.165) is 18.5 Å². The molecule has 2 aromatic rings. The summed E-state index contributed by atoms with van der Waals surface area (Å²) in [6.45, 7) is 2.62. The van der Waals surface area contributed by atoms with E-state index in [1.165, 1.54) is 18.2 Å². The van der Waals surface area contributed by atoms with E-state index in [2.05, 4.69) is 6.92 Å². The summed E-state index contributed by atoms with van der Waals surface area (Å²) in [4.78, 5) is 14.3. The van der Waals surface area contributed by atoms with Gasteiger partial charge in [-0.2, -0.15) is 0 Å². The maximum atomic E-state index is 12.7. The van der Waals surface area contributed by atoms with Crippen LogP contribution in [0.4, 0.5) is 5.69 Å². The van der Waals surface area contributed by atoms with Crippen LogP contribution in [-0.4, -0.2) is 22.7 Å². The number of hydrogen-bond donors (Lipinski definition) is 2. The number of carbonyl (C=O) groups is 1. The minimum absolute atomic E-state index is 0.0420. The summed E-state index contributed by atoms with van der Waals surface area (Å²) < 4.78 is 0. The van der Waals surface area contributed by atoms with Gasteiger partial charge >= 0.3 is 0 Å². The molecule has 0 aliphatic carbocycles. The van der Waals surface area contributed by atoms with Crippen molar-refractivity contribution in [1.82, 2.24) is 0 Å². The fourth-order valence-corrected chi connectivity index (χ4v) is 2.11. The van der Waals surface area contributed by atoms with Crippen LogP contribution in [0.5, 0.6) is 11.5 Å². The molecule has 0 radical (unpaired) electrons. The summed E-state index contributed by atoms with van der Waals surface area (Å²) in [6.07, 6.45) is 1.82. The number of anilines is 1. The number of unbranched alkanes of at least 4 members (excludes halogenated alkanes) is 1. The zero-order chi connectivity index (χ0) is 15.2. The maximum absolute atomic E-state index is 12.7. The number of aromatic hydroxyl groups is 2. The number of rotatable bonds is 5. The molecule has 21 heavy (non-hydrogen) atoms. The van der Waals surface area contributed by atoms with Crippen molar-refractivity contribution in [2.24, 2.45) is 0 Å². The number of benzene rings is 2. The lowest BCUT2D eigenvalue weighted by Gasteiger charge is -2.23. The van der Waals surface area contributed by atoms with Gasteiger partial charge < -0.3 is 15.1 Å². The third kappa shape index (κ3) is 3.54. The van der Waals surface area contributed by atoms with Gasteiger partial charge in [0.05, 0.1) is 5.56 Å². The van der Waals surface area contributed by atoms with Crippen LogP contribution in [0.3, 0.4) is 0 Å². The third-order valence-corrected chi connectivity index (χ3v) is 3.26.